The zero-order valence-corrected chi connectivity index (χ0v) is 16.4. The molecule has 148 valence electrons. The van der Waals surface area contributed by atoms with E-state index >= 15 is 0 Å². The van der Waals surface area contributed by atoms with Gasteiger partial charge in [0.1, 0.15) is 0 Å². The molecular weight excluding hydrogens is 359 g/mol. The van der Waals surface area contributed by atoms with Gasteiger partial charge in [0, 0.05) is 5.41 Å². The summed E-state index contributed by atoms with van der Waals surface area (Å²) < 4.78 is 28.3. The van der Waals surface area contributed by atoms with Crippen molar-refractivity contribution in [1.29, 1.82) is 0 Å². The highest BCUT2D eigenvalue weighted by Gasteiger charge is 2.64. The Hall–Kier alpha value is -0.620. The third-order valence-corrected chi connectivity index (χ3v) is 9.33. The van der Waals surface area contributed by atoms with Gasteiger partial charge in [0.25, 0.3) is 0 Å². The molecule has 0 radical (unpaired) electrons. The second-order valence-corrected chi connectivity index (χ2v) is 11.4. The predicted molar refractivity (Wildman–Crippen MR) is 92.9 cm³/mol. The van der Waals surface area contributed by atoms with E-state index in [1.165, 1.54) is 32.1 Å². The summed E-state index contributed by atoms with van der Waals surface area (Å²) in [5, 5.41) is 13.9. The maximum atomic E-state index is 12.0. The average Bonchev–Trinajstić information content (AvgIpc) is 2.53. The summed E-state index contributed by atoms with van der Waals surface area (Å²) in [5.74, 6) is 2.78. The quantitative estimate of drug-likeness (QED) is 0.665. The van der Waals surface area contributed by atoms with E-state index < -0.39 is 14.0 Å². The summed E-state index contributed by atoms with van der Waals surface area (Å²) in [6, 6.07) is 0. The first-order valence-corrected chi connectivity index (χ1v) is 11.0. The lowest BCUT2D eigenvalue weighted by Gasteiger charge is -2.68. The van der Waals surface area contributed by atoms with E-state index in [1.807, 2.05) is 0 Å². The highest BCUT2D eigenvalue weighted by molar-refractivity contribution is 7.48. The van der Waals surface area contributed by atoms with Crippen LogP contribution in [0.3, 0.4) is 0 Å². The second-order valence-electron chi connectivity index (χ2n) is 9.75. The van der Waals surface area contributed by atoms with Crippen molar-refractivity contribution in [3.05, 3.63) is 0 Å². The largest absolute Gasteiger partial charge is 0.503 e. The molecule has 0 aromatic carbocycles. The average molecular weight is 388 g/mol. The zero-order chi connectivity index (χ0) is 18.8. The molecule has 0 spiro atoms. The van der Waals surface area contributed by atoms with Crippen LogP contribution in [0, 0.1) is 34.0 Å². The Balaban J connectivity index is 0.000000385. The van der Waals surface area contributed by atoms with Crippen molar-refractivity contribution in [2.75, 3.05) is 19.8 Å². The lowest BCUT2D eigenvalue weighted by Crippen LogP contribution is -2.60. The molecule has 7 rings (SSSR count). The number of phosphoric ester groups is 1. The third kappa shape index (κ3) is 2.92. The summed E-state index contributed by atoms with van der Waals surface area (Å²) in [4.78, 5) is 8.56. The number of hydrogen-bond acceptors (Lipinski definition) is 5. The lowest BCUT2D eigenvalue weighted by atomic mass is 9.38. The van der Waals surface area contributed by atoms with Crippen LogP contribution in [0.1, 0.15) is 52.4 Å². The van der Waals surface area contributed by atoms with Crippen LogP contribution in [-0.2, 0) is 18.1 Å². The van der Waals surface area contributed by atoms with Gasteiger partial charge in [0.15, 0.2) is 0 Å². The maximum absolute atomic E-state index is 12.0. The fourth-order valence-corrected chi connectivity index (χ4v) is 8.43. The molecule has 26 heavy (non-hydrogen) atoms. The Kier molecular flexibility index (Phi) is 4.28. The number of phosphoric acid groups is 1. The van der Waals surface area contributed by atoms with E-state index in [2.05, 4.69) is 13.8 Å². The molecule has 2 N–H and O–H groups in total. The van der Waals surface area contributed by atoms with Crippen molar-refractivity contribution in [2.45, 2.75) is 52.4 Å². The topological polar surface area (TPSA) is 102 Å². The second kappa shape index (κ2) is 5.94. The monoisotopic (exact) mass is 388 g/mol. The number of carbonyl (C=O) groups is 1. The van der Waals surface area contributed by atoms with Gasteiger partial charge >= 0.3 is 14.0 Å². The lowest BCUT2D eigenvalue weighted by molar-refractivity contribution is -0.199. The van der Waals surface area contributed by atoms with Crippen molar-refractivity contribution in [2.24, 2.45) is 34.0 Å². The fourth-order valence-electron chi connectivity index (χ4n) is 6.91. The summed E-state index contributed by atoms with van der Waals surface area (Å²) in [6.07, 6.45) is 6.37. The number of rotatable bonds is 2. The third-order valence-electron chi connectivity index (χ3n) is 7.99. The van der Waals surface area contributed by atoms with Gasteiger partial charge in [-0.3, -0.25) is 13.6 Å². The van der Waals surface area contributed by atoms with Gasteiger partial charge in [-0.25, -0.2) is 9.36 Å². The molecule has 4 aliphatic carbocycles. The molecule has 6 bridgehead atoms. The van der Waals surface area contributed by atoms with Gasteiger partial charge in [-0.2, -0.15) is 0 Å². The van der Waals surface area contributed by atoms with Crippen LogP contribution in [0.15, 0.2) is 0 Å². The minimum atomic E-state index is -3.19. The van der Waals surface area contributed by atoms with Gasteiger partial charge in [-0.05, 0) is 67.1 Å². The molecular formula is C18H29O7P. The minimum Gasteiger partial charge on any atom is -0.450 e. The Morgan fingerprint density at radius 1 is 1.00 bits per heavy atom. The highest BCUT2D eigenvalue weighted by Crippen LogP contribution is 2.72. The molecule has 3 heterocycles. The Morgan fingerprint density at radius 3 is 1.88 bits per heavy atom. The van der Waals surface area contributed by atoms with Crippen molar-refractivity contribution in [1.82, 2.24) is 0 Å². The predicted octanol–water partition coefficient (Wildman–Crippen LogP) is 4.62. The van der Waals surface area contributed by atoms with Crippen LogP contribution < -0.4 is 0 Å². The van der Waals surface area contributed by atoms with Crippen molar-refractivity contribution in [3.8, 4) is 0 Å². The van der Waals surface area contributed by atoms with Crippen LogP contribution in [0.5, 0.6) is 0 Å². The zero-order valence-electron chi connectivity index (χ0n) is 15.5. The molecule has 8 heteroatoms. The van der Waals surface area contributed by atoms with E-state index in [4.69, 9.17) is 28.6 Å². The summed E-state index contributed by atoms with van der Waals surface area (Å²) >= 11 is 0. The number of fused-ring (bicyclic) bond motifs is 3. The van der Waals surface area contributed by atoms with Gasteiger partial charge in [0.2, 0.25) is 0 Å². The van der Waals surface area contributed by atoms with Crippen LogP contribution in [-0.4, -0.2) is 36.2 Å². The van der Waals surface area contributed by atoms with Gasteiger partial charge < -0.3 is 10.2 Å². The molecule has 0 amide bonds. The maximum Gasteiger partial charge on any atom is 0.503 e. The molecule has 7 nitrogen and oxygen atoms in total. The van der Waals surface area contributed by atoms with Crippen LogP contribution >= 0.6 is 7.82 Å². The number of carboxylic acid groups (broad SMARTS) is 2. The molecule has 3 aliphatic heterocycles. The van der Waals surface area contributed by atoms with E-state index in [0.717, 1.165) is 24.2 Å². The Morgan fingerprint density at radius 2 is 1.46 bits per heavy atom. The Bertz CT molecular complexity index is 600. The molecule has 4 saturated carbocycles. The van der Waals surface area contributed by atoms with Crippen molar-refractivity contribution in [3.63, 3.8) is 0 Å². The number of hydrogen-bond donors (Lipinski definition) is 2. The normalized spacial score (nSPS) is 53.8. The van der Waals surface area contributed by atoms with E-state index in [-0.39, 0.29) is 5.41 Å². The van der Waals surface area contributed by atoms with Gasteiger partial charge in [0.05, 0.1) is 19.8 Å². The first-order valence-electron chi connectivity index (χ1n) is 9.53. The van der Waals surface area contributed by atoms with Gasteiger partial charge in [-0.1, -0.05) is 13.8 Å². The molecule has 3 unspecified atom stereocenters. The van der Waals surface area contributed by atoms with Crippen LogP contribution in [0.25, 0.3) is 0 Å². The molecule has 3 atom stereocenters. The molecule has 0 aromatic heterocycles. The minimum absolute atomic E-state index is 0.0840. The van der Waals surface area contributed by atoms with E-state index in [9.17, 15) is 4.57 Å². The SMILES string of the molecule is CC12CC3CC(CC(C3)C1(C)CC13COP(=O)(OC1)OC3)C2.O=C(O)O. The first kappa shape index (κ1) is 18.7. The van der Waals surface area contributed by atoms with E-state index in [1.54, 1.807) is 0 Å². The highest BCUT2D eigenvalue weighted by atomic mass is 31.2. The van der Waals surface area contributed by atoms with Crippen molar-refractivity contribution < 1.29 is 33.1 Å². The standard InChI is InChI=1S/C17H27O4P.CH2O3/c1-15-6-12-3-13(7-15)5-14(4-12)16(15,2)8-17-9-19-22(18,20-10-17)21-11-17;2-1(3)4/h12-14H,3-11H2,1-2H3;(H2,2,3,4). The fraction of sp³-hybridized carbons (Fsp3) is 0.944. The smallest absolute Gasteiger partial charge is 0.450 e. The van der Waals surface area contributed by atoms with Crippen LogP contribution in [0.2, 0.25) is 0 Å². The first-order chi connectivity index (χ1) is 12.1. The summed E-state index contributed by atoms with van der Waals surface area (Å²) in [7, 11) is -3.19. The molecule has 0 aromatic rings. The molecule has 7 aliphatic rings. The van der Waals surface area contributed by atoms with Crippen molar-refractivity contribution >= 4 is 14.0 Å². The summed E-state index contributed by atoms with van der Waals surface area (Å²) in [6.45, 7) is 6.71. The van der Waals surface area contributed by atoms with Gasteiger partial charge in [-0.15, -0.1) is 0 Å². The molecule has 3 saturated heterocycles. The summed E-state index contributed by atoms with van der Waals surface area (Å²) in [5.41, 5.74) is 0.712. The Labute approximate surface area is 154 Å². The molecule has 7 fully saturated rings. The van der Waals surface area contributed by atoms with E-state index in [0.29, 0.717) is 30.7 Å². The van der Waals surface area contributed by atoms with Crippen LogP contribution in [0.4, 0.5) is 4.79 Å².